The second-order valence-corrected chi connectivity index (χ2v) is 4.94. The van der Waals surface area contributed by atoms with Crippen molar-refractivity contribution in [3.05, 3.63) is 52.1 Å². The van der Waals surface area contributed by atoms with E-state index >= 15 is 0 Å². The topological polar surface area (TPSA) is 72.0 Å². The van der Waals surface area contributed by atoms with Gasteiger partial charge in [0.15, 0.2) is 0 Å². The molecule has 0 saturated carbocycles. The molecule has 0 spiro atoms. The van der Waals surface area contributed by atoms with Gasteiger partial charge in [0.2, 0.25) is 0 Å². The van der Waals surface area contributed by atoms with Crippen LogP contribution >= 0.6 is 0 Å². The highest BCUT2D eigenvalue weighted by Gasteiger charge is 2.12. The van der Waals surface area contributed by atoms with Gasteiger partial charge in [-0.15, -0.1) is 0 Å². The molecule has 22 heavy (non-hydrogen) atoms. The molecule has 0 amide bonds. The number of ether oxygens (including phenoxy) is 1. The molecule has 0 fully saturated rings. The highest BCUT2D eigenvalue weighted by atomic mass is 16.5. The average molecular weight is 301 g/mol. The summed E-state index contributed by atoms with van der Waals surface area (Å²) in [5.74, 6) is 1.01. The lowest BCUT2D eigenvalue weighted by Crippen LogP contribution is -2.12. The minimum absolute atomic E-state index is 0.0805. The fourth-order valence-corrected chi connectivity index (χ4v) is 2.02. The summed E-state index contributed by atoms with van der Waals surface area (Å²) in [5.41, 5.74) is 0.549. The largest absolute Gasteiger partial charge is 0.507 e. The number of hydrogen-bond acceptors (Lipinski definition) is 5. The van der Waals surface area contributed by atoms with Gasteiger partial charge in [0, 0.05) is 6.07 Å². The zero-order valence-corrected chi connectivity index (χ0v) is 12.9. The number of rotatable bonds is 5. The van der Waals surface area contributed by atoms with E-state index in [1.165, 1.54) is 6.07 Å². The smallest absolute Gasteiger partial charge is 0.348 e. The predicted molar refractivity (Wildman–Crippen MR) is 85.5 cm³/mol. The van der Waals surface area contributed by atoms with Crippen LogP contribution in [0, 0.1) is 6.92 Å². The average Bonchev–Trinajstić information content (AvgIpc) is 2.45. The van der Waals surface area contributed by atoms with Crippen LogP contribution in [-0.2, 0) is 0 Å². The van der Waals surface area contributed by atoms with Crippen LogP contribution in [0.25, 0.3) is 0 Å². The Hall–Kier alpha value is -2.56. The Labute approximate surface area is 128 Å². The molecule has 1 aromatic heterocycles. The van der Waals surface area contributed by atoms with E-state index < -0.39 is 5.63 Å². The molecule has 0 unspecified atom stereocenters. The zero-order valence-electron chi connectivity index (χ0n) is 12.9. The molecule has 0 atom stereocenters. The fourth-order valence-electron chi connectivity index (χ4n) is 2.02. The third-order valence-corrected chi connectivity index (χ3v) is 3.02. The lowest BCUT2D eigenvalue weighted by atomic mass is 10.1. The second-order valence-electron chi connectivity index (χ2n) is 4.94. The molecule has 2 rings (SSSR count). The van der Waals surface area contributed by atoms with Crippen molar-refractivity contribution < 1.29 is 14.3 Å². The molecule has 0 aliphatic heterocycles. The van der Waals surface area contributed by atoms with E-state index in [0.29, 0.717) is 23.8 Å². The predicted octanol–water partition coefficient (Wildman–Crippen LogP) is 3.58. The van der Waals surface area contributed by atoms with Gasteiger partial charge < -0.3 is 14.3 Å². The van der Waals surface area contributed by atoms with Crippen molar-refractivity contribution in [1.82, 2.24) is 0 Å². The molecular weight excluding hydrogens is 282 g/mol. The van der Waals surface area contributed by atoms with Crippen molar-refractivity contribution in [1.29, 1.82) is 0 Å². The Balaban J connectivity index is 2.27. The van der Waals surface area contributed by atoms with E-state index in [0.717, 1.165) is 12.2 Å². The van der Waals surface area contributed by atoms with Crippen LogP contribution in [0.3, 0.4) is 0 Å². The van der Waals surface area contributed by atoms with E-state index in [1.807, 2.05) is 19.1 Å². The molecular formula is C17H19NO4. The summed E-state index contributed by atoms with van der Waals surface area (Å²) in [7, 11) is 0. The van der Waals surface area contributed by atoms with Crippen molar-refractivity contribution in [3.63, 3.8) is 0 Å². The summed E-state index contributed by atoms with van der Waals surface area (Å²) in [6.45, 7) is 5.97. The van der Waals surface area contributed by atoms with Crippen molar-refractivity contribution in [2.75, 3.05) is 6.61 Å². The van der Waals surface area contributed by atoms with Crippen LogP contribution in [0.1, 0.15) is 31.6 Å². The number of hydrogen-bond donors (Lipinski definition) is 1. The standard InChI is InChI=1S/C17H19NO4/c1-4-9-21-14-7-5-13(6-8-14)18-12(3)16-15(19)10-11(2)22-17(16)20/h5-8,10,19H,4,9H2,1-3H3. The van der Waals surface area contributed by atoms with Crippen LogP contribution in [0.2, 0.25) is 0 Å². The molecule has 0 saturated heterocycles. The molecule has 0 radical (unpaired) electrons. The second kappa shape index (κ2) is 6.93. The van der Waals surface area contributed by atoms with Crippen LogP contribution in [0.15, 0.2) is 44.5 Å². The lowest BCUT2D eigenvalue weighted by Gasteiger charge is -2.05. The van der Waals surface area contributed by atoms with Crippen molar-refractivity contribution in [3.8, 4) is 11.5 Å². The molecule has 1 aromatic carbocycles. The summed E-state index contributed by atoms with van der Waals surface area (Å²) >= 11 is 0. The first-order chi connectivity index (χ1) is 10.5. The SMILES string of the molecule is CCCOc1ccc(N=C(C)c2c(O)cc(C)oc2=O)cc1. The Bertz CT molecular complexity index is 729. The summed E-state index contributed by atoms with van der Waals surface area (Å²) < 4.78 is 10.5. The lowest BCUT2D eigenvalue weighted by molar-refractivity contribution is 0.317. The van der Waals surface area contributed by atoms with Gasteiger partial charge in [0.25, 0.3) is 0 Å². The molecule has 0 bridgehead atoms. The maximum atomic E-state index is 11.8. The van der Waals surface area contributed by atoms with Crippen LogP contribution in [0.5, 0.6) is 11.5 Å². The third kappa shape index (κ3) is 3.75. The minimum atomic E-state index is -0.596. The Kier molecular flexibility index (Phi) is 4.99. The minimum Gasteiger partial charge on any atom is -0.507 e. The highest BCUT2D eigenvalue weighted by Crippen LogP contribution is 2.21. The van der Waals surface area contributed by atoms with Gasteiger partial charge in [-0.2, -0.15) is 0 Å². The Morgan fingerprint density at radius 3 is 2.59 bits per heavy atom. The van der Waals surface area contributed by atoms with E-state index in [4.69, 9.17) is 9.15 Å². The van der Waals surface area contributed by atoms with Gasteiger partial charge in [-0.3, -0.25) is 4.99 Å². The first-order valence-corrected chi connectivity index (χ1v) is 7.13. The van der Waals surface area contributed by atoms with Crippen molar-refractivity contribution in [2.24, 2.45) is 4.99 Å². The normalized spacial score (nSPS) is 11.5. The maximum absolute atomic E-state index is 11.8. The molecule has 0 aliphatic rings. The first-order valence-electron chi connectivity index (χ1n) is 7.13. The number of benzene rings is 1. The number of aromatic hydroxyl groups is 1. The van der Waals surface area contributed by atoms with Crippen LogP contribution in [-0.4, -0.2) is 17.4 Å². The number of aliphatic imine (C=N–C) groups is 1. The molecule has 116 valence electrons. The Morgan fingerprint density at radius 2 is 2.00 bits per heavy atom. The third-order valence-electron chi connectivity index (χ3n) is 3.02. The zero-order chi connectivity index (χ0) is 16.1. The van der Waals surface area contributed by atoms with E-state index in [2.05, 4.69) is 4.99 Å². The fraction of sp³-hybridized carbons (Fsp3) is 0.294. The van der Waals surface area contributed by atoms with Crippen LogP contribution < -0.4 is 10.4 Å². The van der Waals surface area contributed by atoms with Crippen molar-refractivity contribution in [2.45, 2.75) is 27.2 Å². The molecule has 5 nitrogen and oxygen atoms in total. The van der Waals surface area contributed by atoms with Gasteiger partial charge in [-0.25, -0.2) is 4.79 Å². The quantitative estimate of drug-likeness (QED) is 0.857. The Morgan fingerprint density at radius 1 is 1.32 bits per heavy atom. The summed E-state index contributed by atoms with van der Waals surface area (Å²) in [6, 6.07) is 8.62. The molecule has 5 heteroatoms. The summed E-state index contributed by atoms with van der Waals surface area (Å²) in [5, 5.41) is 9.90. The monoisotopic (exact) mass is 301 g/mol. The van der Waals surface area contributed by atoms with Gasteiger partial charge >= 0.3 is 5.63 Å². The van der Waals surface area contributed by atoms with Gasteiger partial charge in [0.1, 0.15) is 22.8 Å². The van der Waals surface area contributed by atoms with E-state index in [9.17, 15) is 9.90 Å². The molecule has 1 heterocycles. The molecule has 0 aliphatic carbocycles. The first kappa shape index (κ1) is 15.8. The number of nitrogens with zero attached hydrogens (tertiary/aromatic N) is 1. The van der Waals surface area contributed by atoms with Crippen molar-refractivity contribution >= 4 is 11.4 Å². The van der Waals surface area contributed by atoms with Gasteiger partial charge in [0.05, 0.1) is 18.0 Å². The van der Waals surface area contributed by atoms with Gasteiger partial charge in [-0.05, 0) is 44.5 Å². The molecule has 1 N–H and O–H groups in total. The summed E-state index contributed by atoms with van der Waals surface area (Å²) in [4.78, 5) is 16.2. The van der Waals surface area contributed by atoms with E-state index in [-0.39, 0.29) is 11.3 Å². The van der Waals surface area contributed by atoms with Crippen LogP contribution in [0.4, 0.5) is 5.69 Å². The van der Waals surface area contributed by atoms with Gasteiger partial charge in [-0.1, -0.05) is 6.92 Å². The van der Waals surface area contributed by atoms with E-state index in [1.54, 1.807) is 26.0 Å². The highest BCUT2D eigenvalue weighted by molar-refractivity contribution is 6.01. The number of aryl methyl sites for hydroxylation is 1. The maximum Gasteiger partial charge on any atom is 0.348 e. The summed E-state index contributed by atoms with van der Waals surface area (Å²) in [6.07, 6.45) is 0.946. The molecule has 2 aromatic rings.